The van der Waals surface area contributed by atoms with E-state index in [9.17, 15) is 24.3 Å². The number of carboxylic acid groups (broad SMARTS) is 1. The number of esters is 2. The quantitative estimate of drug-likeness (QED) is 0.228. The Morgan fingerprint density at radius 1 is 1.12 bits per heavy atom. The second-order valence-electron chi connectivity index (χ2n) is 7.99. The van der Waals surface area contributed by atoms with Crippen LogP contribution in [0.25, 0.3) is 10.2 Å². The van der Waals surface area contributed by atoms with Gasteiger partial charge < -0.3 is 19.9 Å². The third-order valence-corrected chi connectivity index (χ3v) is 8.17. The van der Waals surface area contributed by atoms with Gasteiger partial charge in [0.2, 0.25) is 11.2 Å². The van der Waals surface area contributed by atoms with Gasteiger partial charge in [0.05, 0.1) is 35.3 Å². The first kappa shape index (κ1) is 24.2. The van der Waals surface area contributed by atoms with Crippen molar-refractivity contribution in [2.24, 2.45) is 23.7 Å². The SMILES string of the molecule is CCOC(=O)C(Sc1nc2ccc(NC(=O)[C@H]3[C@H](C(=O)O)[C@H]4C=C[C@H]3C4)cc2s1)C(=O)OCC. The minimum absolute atomic E-state index is 0.0658. The molecule has 1 fully saturated rings. The van der Waals surface area contributed by atoms with Gasteiger partial charge in [0, 0.05) is 5.69 Å². The number of thioether (sulfide) groups is 1. The summed E-state index contributed by atoms with van der Waals surface area (Å²) in [7, 11) is 0. The van der Waals surface area contributed by atoms with Gasteiger partial charge in [-0.15, -0.1) is 11.3 Å². The maximum atomic E-state index is 13.0. The number of aliphatic carboxylic acids is 1. The second kappa shape index (κ2) is 10.1. The molecule has 4 rings (SSSR count). The van der Waals surface area contributed by atoms with Gasteiger partial charge in [0.1, 0.15) is 0 Å². The molecule has 180 valence electrons. The van der Waals surface area contributed by atoms with Gasteiger partial charge in [-0.05, 0) is 50.3 Å². The number of rotatable bonds is 9. The molecule has 1 saturated carbocycles. The molecule has 1 aromatic heterocycles. The molecule has 2 bridgehead atoms. The monoisotopic (exact) mass is 504 g/mol. The van der Waals surface area contributed by atoms with Crippen molar-refractivity contribution in [3.05, 3.63) is 30.4 Å². The molecule has 4 atom stereocenters. The summed E-state index contributed by atoms with van der Waals surface area (Å²) in [5.41, 5.74) is 1.17. The summed E-state index contributed by atoms with van der Waals surface area (Å²) in [6.45, 7) is 3.59. The van der Waals surface area contributed by atoms with Crippen molar-refractivity contribution in [1.29, 1.82) is 0 Å². The van der Waals surface area contributed by atoms with Gasteiger partial charge >= 0.3 is 17.9 Å². The van der Waals surface area contributed by atoms with Crippen LogP contribution in [0.15, 0.2) is 34.7 Å². The fourth-order valence-corrected chi connectivity index (χ4v) is 6.67. The number of ether oxygens (including phenoxy) is 2. The predicted molar refractivity (Wildman–Crippen MR) is 127 cm³/mol. The molecule has 0 saturated heterocycles. The van der Waals surface area contributed by atoms with Gasteiger partial charge in [-0.1, -0.05) is 23.9 Å². The van der Waals surface area contributed by atoms with E-state index < -0.39 is 35.0 Å². The minimum atomic E-state index is -1.18. The summed E-state index contributed by atoms with van der Waals surface area (Å²) in [5.74, 6) is -4.13. The highest BCUT2D eigenvalue weighted by molar-refractivity contribution is 8.03. The van der Waals surface area contributed by atoms with Crippen LogP contribution in [0, 0.1) is 23.7 Å². The average molecular weight is 505 g/mol. The summed E-state index contributed by atoms with van der Waals surface area (Å²) < 4.78 is 11.2. The maximum Gasteiger partial charge on any atom is 0.331 e. The predicted octanol–water partition coefficient (Wildman–Crippen LogP) is 3.34. The Kier molecular flexibility index (Phi) is 7.22. The number of carboxylic acids is 1. The number of aromatic nitrogens is 1. The van der Waals surface area contributed by atoms with Crippen molar-refractivity contribution < 1.29 is 33.8 Å². The summed E-state index contributed by atoms with van der Waals surface area (Å²) in [5, 5.41) is 11.3. The lowest BCUT2D eigenvalue weighted by atomic mass is 9.82. The molecule has 1 amide bonds. The zero-order valence-electron chi connectivity index (χ0n) is 18.6. The number of hydrogen-bond donors (Lipinski definition) is 2. The topological polar surface area (TPSA) is 132 Å². The molecule has 1 heterocycles. The van der Waals surface area contributed by atoms with E-state index in [-0.39, 0.29) is 31.0 Å². The molecule has 11 heteroatoms. The number of hydrogen-bond acceptors (Lipinski definition) is 9. The highest BCUT2D eigenvalue weighted by atomic mass is 32.2. The van der Waals surface area contributed by atoms with E-state index in [0.29, 0.717) is 22.0 Å². The number of carbonyl (C=O) groups is 4. The van der Waals surface area contributed by atoms with Crippen molar-refractivity contribution in [3.63, 3.8) is 0 Å². The molecule has 0 unspecified atom stereocenters. The fraction of sp³-hybridized carbons (Fsp3) is 0.435. The Morgan fingerprint density at radius 2 is 1.76 bits per heavy atom. The van der Waals surface area contributed by atoms with E-state index in [2.05, 4.69) is 10.3 Å². The number of anilines is 1. The zero-order valence-corrected chi connectivity index (χ0v) is 20.2. The van der Waals surface area contributed by atoms with Crippen LogP contribution >= 0.6 is 23.1 Å². The normalized spacial score (nSPS) is 22.8. The lowest BCUT2D eigenvalue weighted by Gasteiger charge is -2.23. The Morgan fingerprint density at radius 3 is 2.38 bits per heavy atom. The fourth-order valence-electron chi connectivity index (χ4n) is 4.50. The van der Waals surface area contributed by atoms with E-state index in [1.807, 2.05) is 12.2 Å². The minimum Gasteiger partial charge on any atom is -0.481 e. The molecule has 1 aromatic carbocycles. The number of amides is 1. The van der Waals surface area contributed by atoms with Gasteiger partial charge in [0.15, 0.2) is 4.34 Å². The van der Waals surface area contributed by atoms with Crippen molar-refractivity contribution in [2.75, 3.05) is 18.5 Å². The lowest BCUT2D eigenvalue weighted by molar-refractivity contribution is -0.153. The first-order chi connectivity index (χ1) is 16.3. The number of thiazole rings is 1. The molecule has 2 N–H and O–H groups in total. The van der Waals surface area contributed by atoms with Gasteiger partial charge in [-0.25, -0.2) is 4.98 Å². The number of carbonyl (C=O) groups excluding carboxylic acids is 3. The van der Waals surface area contributed by atoms with Gasteiger partial charge in [-0.3, -0.25) is 19.2 Å². The Balaban J connectivity index is 1.50. The van der Waals surface area contributed by atoms with Crippen molar-refractivity contribution in [2.45, 2.75) is 29.9 Å². The van der Waals surface area contributed by atoms with E-state index in [1.165, 1.54) is 11.3 Å². The first-order valence-electron chi connectivity index (χ1n) is 10.9. The lowest BCUT2D eigenvalue weighted by Crippen LogP contribution is -2.36. The van der Waals surface area contributed by atoms with Crippen LogP contribution in [0.2, 0.25) is 0 Å². The van der Waals surface area contributed by atoms with Gasteiger partial charge in [-0.2, -0.15) is 0 Å². The van der Waals surface area contributed by atoms with Crippen LogP contribution in [0.1, 0.15) is 20.3 Å². The summed E-state index contributed by atoms with van der Waals surface area (Å²) in [6.07, 6.45) is 4.52. The Labute approximate surface area is 203 Å². The molecule has 34 heavy (non-hydrogen) atoms. The van der Waals surface area contributed by atoms with Crippen molar-refractivity contribution in [3.8, 4) is 0 Å². The van der Waals surface area contributed by atoms with Crippen LogP contribution in [0.3, 0.4) is 0 Å². The third-order valence-electron chi connectivity index (χ3n) is 5.90. The van der Waals surface area contributed by atoms with Crippen LogP contribution in [-0.4, -0.2) is 52.4 Å². The largest absolute Gasteiger partial charge is 0.481 e. The molecule has 0 spiro atoms. The molecule has 0 radical (unpaired) electrons. The van der Waals surface area contributed by atoms with Crippen molar-refractivity contribution >= 4 is 62.8 Å². The average Bonchev–Trinajstić information content (AvgIpc) is 3.51. The standard InChI is InChI=1S/C23H24N2O7S2/c1-3-31-21(29)18(22(30)32-4-2)34-23-25-14-8-7-13(10-15(14)33-23)24-19(26)16-11-5-6-12(9-11)17(16)20(27)28/h5-8,10-12,16-18H,3-4,9H2,1-2H3,(H,24,26)(H,27,28)/t11-,12-,16+,17+/m0/s1. The van der Waals surface area contributed by atoms with Crippen LogP contribution in [-0.2, 0) is 28.7 Å². The van der Waals surface area contributed by atoms with Gasteiger partial charge in [0.25, 0.3) is 0 Å². The highest BCUT2D eigenvalue weighted by Gasteiger charge is 2.51. The maximum absolute atomic E-state index is 13.0. The Hall–Kier alpha value is -2.92. The third kappa shape index (κ3) is 4.80. The van der Waals surface area contributed by atoms with Crippen LogP contribution < -0.4 is 5.32 Å². The smallest absolute Gasteiger partial charge is 0.331 e. The number of benzene rings is 1. The molecule has 0 aliphatic heterocycles. The van der Waals surface area contributed by atoms with Crippen molar-refractivity contribution in [1.82, 2.24) is 4.98 Å². The van der Waals surface area contributed by atoms with E-state index in [1.54, 1.807) is 32.0 Å². The molecule has 2 aliphatic carbocycles. The van der Waals surface area contributed by atoms with E-state index >= 15 is 0 Å². The zero-order chi connectivity index (χ0) is 24.4. The highest BCUT2D eigenvalue weighted by Crippen LogP contribution is 2.48. The number of allylic oxidation sites excluding steroid dienone is 2. The number of nitrogens with zero attached hydrogens (tertiary/aromatic N) is 1. The molecular weight excluding hydrogens is 480 g/mol. The van der Waals surface area contributed by atoms with E-state index in [4.69, 9.17) is 9.47 Å². The molecule has 9 nitrogen and oxygen atoms in total. The molecular formula is C23H24N2O7S2. The molecule has 2 aromatic rings. The number of fused-ring (bicyclic) bond motifs is 3. The summed E-state index contributed by atoms with van der Waals surface area (Å²) in [6, 6.07) is 5.17. The van der Waals surface area contributed by atoms with E-state index in [0.717, 1.165) is 16.5 Å². The number of nitrogens with one attached hydrogen (secondary N) is 1. The Bertz CT molecular complexity index is 1140. The van der Waals surface area contributed by atoms with Crippen LogP contribution in [0.5, 0.6) is 0 Å². The summed E-state index contributed by atoms with van der Waals surface area (Å²) >= 11 is 2.23. The summed E-state index contributed by atoms with van der Waals surface area (Å²) in [4.78, 5) is 53.6. The molecule has 2 aliphatic rings. The second-order valence-corrected chi connectivity index (χ2v) is 10.4. The first-order valence-corrected chi connectivity index (χ1v) is 12.6. The van der Waals surface area contributed by atoms with Crippen LogP contribution in [0.4, 0.5) is 5.69 Å².